The molecule has 0 amide bonds. The second kappa shape index (κ2) is 3.07. The average molecular weight is 152 g/mol. The Morgan fingerprint density at radius 3 is 2.36 bits per heavy atom. The minimum atomic E-state index is 0.713. The van der Waals surface area contributed by atoms with E-state index in [1.165, 1.54) is 11.3 Å². The molecular formula is C9H16N2. The van der Waals surface area contributed by atoms with Gasteiger partial charge in [-0.15, -0.1) is 0 Å². The van der Waals surface area contributed by atoms with E-state index in [1.807, 2.05) is 0 Å². The highest BCUT2D eigenvalue weighted by Gasteiger charge is 2.06. The van der Waals surface area contributed by atoms with E-state index in [9.17, 15) is 0 Å². The van der Waals surface area contributed by atoms with Crippen molar-refractivity contribution in [1.29, 1.82) is 0 Å². The van der Waals surface area contributed by atoms with E-state index in [4.69, 9.17) is 0 Å². The molecule has 2 heteroatoms. The van der Waals surface area contributed by atoms with Crippen LogP contribution < -0.4 is 0 Å². The fraction of sp³-hybridized carbons (Fsp3) is 0.667. The SMILES string of the molecule is Cc1n[nH]c(C)c1CC(C)C. The first-order valence-electron chi connectivity index (χ1n) is 4.11. The van der Waals surface area contributed by atoms with E-state index in [1.54, 1.807) is 0 Å². The summed E-state index contributed by atoms with van der Waals surface area (Å²) in [5, 5.41) is 7.14. The van der Waals surface area contributed by atoms with Crippen LogP contribution in [-0.2, 0) is 6.42 Å². The number of hydrogen-bond acceptors (Lipinski definition) is 1. The Hall–Kier alpha value is -0.790. The molecule has 0 aliphatic heterocycles. The summed E-state index contributed by atoms with van der Waals surface area (Å²) < 4.78 is 0. The van der Waals surface area contributed by atoms with E-state index in [0.717, 1.165) is 12.1 Å². The maximum absolute atomic E-state index is 4.14. The minimum Gasteiger partial charge on any atom is -0.282 e. The van der Waals surface area contributed by atoms with Crippen molar-refractivity contribution in [2.24, 2.45) is 5.92 Å². The zero-order chi connectivity index (χ0) is 8.43. The van der Waals surface area contributed by atoms with Gasteiger partial charge in [0, 0.05) is 5.69 Å². The zero-order valence-electron chi connectivity index (χ0n) is 7.73. The molecule has 0 atom stereocenters. The van der Waals surface area contributed by atoms with Gasteiger partial charge in [0.05, 0.1) is 5.69 Å². The number of aromatic amines is 1. The Labute approximate surface area is 68.0 Å². The molecule has 1 N–H and O–H groups in total. The standard InChI is InChI=1S/C9H16N2/c1-6(2)5-9-7(3)10-11-8(9)4/h6H,5H2,1-4H3,(H,10,11). The normalized spacial score (nSPS) is 11.0. The summed E-state index contributed by atoms with van der Waals surface area (Å²) in [6.45, 7) is 8.59. The van der Waals surface area contributed by atoms with Crippen LogP contribution in [0.4, 0.5) is 0 Å². The van der Waals surface area contributed by atoms with Crippen molar-refractivity contribution in [3.05, 3.63) is 17.0 Å². The molecule has 0 spiro atoms. The third kappa shape index (κ3) is 1.82. The summed E-state index contributed by atoms with van der Waals surface area (Å²) in [6, 6.07) is 0. The van der Waals surface area contributed by atoms with Gasteiger partial charge < -0.3 is 0 Å². The van der Waals surface area contributed by atoms with E-state index in [-0.39, 0.29) is 0 Å². The second-order valence-electron chi connectivity index (χ2n) is 3.51. The van der Waals surface area contributed by atoms with Crippen LogP contribution in [0.2, 0.25) is 0 Å². The van der Waals surface area contributed by atoms with Gasteiger partial charge in [-0.1, -0.05) is 13.8 Å². The monoisotopic (exact) mass is 152 g/mol. The van der Waals surface area contributed by atoms with Crippen LogP contribution in [0.25, 0.3) is 0 Å². The van der Waals surface area contributed by atoms with Crippen molar-refractivity contribution in [2.75, 3.05) is 0 Å². The number of hydrogen-bond donors (Lipinski definition) is 1. The van der Waals surface area contributed by atoms with Crippen molar-refractivity contribution in [1.82, 2.24) is 10.2 Å². The number of nitrogens with zero attached hydrogens (tertiary/aromatic N) is 1. The molecule has 2 nitrogen and oxygen atoms in total. The lowest BCUT2D eigenvalue weighted by atomic mass is 10.0. The lowest BCUT2D eigenvalue weighted by Gasteiger charge is -2.03. The Bertz CT molecular complexity index is 216. The van der Waals surface area contributed by atoms with Crippen LogP contribution in [0.15, 0.2) is 0 Å². The van der Waals surface area contributed by atoms with E-state index >= 15 is 0 Å². The number of rotatable bonds is 2. The average Bonchev–Trinajstić information content (AvgIpc) is 2.18. The second-order valence-corrected chi connectivity index (χ2v) is 3.51. The van der Waals surface area contributed by atoms with E-state index in [0.29, 0.717) is 5.92 Å². The van der Waals surface area contributed by atoms with Gasteiger partial charge in [0.25, 0.3) is 0 Å². The first-order chi connectivity index (χ1) is 5.11. The highest BCUT2D eigenvalue weighted by Crippen LogP contribution is 2.13. The van der Waals surface area contributed by atoms with Crippen LogP contribution in [0, 0.1) is 19.8 Å². The predicted molar refractivity (Wildman–Crippen MR) is 46.6 cm³/mol. The molecule has 0 aliphatic carbocycles. The van der Waals surface area contributed by atoms with Gasteiger partial charge in [0.15, 0.2) is 0 Å². The molecule has 1 heterocycles. The van der Waals surface area contributed by atoms with Gasteiger partial charge in [-0.2, -0.15) is 5.10 Å². The zero-order valence-corrected chi connectivity index (χ0v) is 7.73. The first kappa shape index (κ1) is 8.31. The Morgan fingerprint density at radius 1 is 1.36 bits per heavy atom. The Kier molecular flexibility index (Phi) is 2.32. The third-order valence-corrected chi connectivity index (χ3v) is 1.89. The molecule has 0 fully saturated rings. The van der Waals surface area contributed by atoms with Crippen LogP contribution >= 0.6 is 0 Å². The van der Waals surface area contributed by atoms with Crippen molar-refractivity contribution in [3.8, 4) is 0 Å². The van der Waals surface area contributed by atoms with Crippen molar-refractivity contribution in [3.63, 3.8) is 0 Å². The summed E-state index contributed by atoms with van der Waals surface area (Å²) in [6.07, 6.45) is 1.13. The largest absolute Gasteiger partial charge is 0.282 e. The topological polar surface area (TPSA) is 28.7 Å². The first-order valence-corrected chi connectivity index (χ1v) is 4.11. The van der Waals surface area contributed by atoms with Crippen molar-refractivity contribution >= 4 is 0 Å². The molecule has 62 valence electrons. The molecule has 0 saturated carbocycles. The van der Waals surface area contributed by atoms with Crippen LogP contribution in [-0.4, -0.2) is 10.2 Å². The van der Waals surface area contributed by atoms with Crippen LogP contribution in [0.5, 0.6) is 0 Å². The Balaban J connectivity index is 2.83. The molecule has 0 aliphatic rings. The molecule has 1 rings (SSSR count). The minimum absolute atomic E-state index is 0.713. The van der Waals surface area contributed by atoms with Gasteiger partial charge in [-0.25, -0.2) is 0 Å². The summed E-state index contributed by atoms with van der Waals surface area (Å²) in [4.78, 5) is 0. The van der Waals surface area contributed by atoms with Gasteiger partial charge in [0.1, 0.15) is 0 Å². The predicted octanol–water partition coefficient (Wildman–Crippen LogP) is 2.23. The van der Waals surface area contributed by atoms with E-state index < -0.39 is 0 Å². The van der Waals surface area contributed by atoms with Crippen molar-refractivity contribution < 1.29 is 0 Å². The maximum atomic E-state index is 4.14. The molecule has 0 saturated heterocycles. The van der Waals surface area contributed by atoms with Crippen molar-refractivity contribution in [2.45, 2.75) is 34.1 Å². The summed E-state index contributed by atoms with van der Waals surface area (Å²) >= 11 is 0. The third-order valence-electron chi connectivity index (χ3n) is 1.89. The molecule has 0 bridgehead atoms. The molecule has 11 heavy (non-hydrogen) atoms. The fourth-order valence-corrected chi connectivity index (χ4v) is 1.28. The van der Waals surface area contributed by atoms with Crippen LogP contribution in [0.1, 0.15) is 30.8 Å². The lowest BCUT2D eigenvalue weighted by Crippen LogP contribution is -1.96. The highest BCUT2D eigenvalue weighted by molar-refractivity contribution is 5.23. The molecule has 0 aromatic carbocycles. The highest BCUT2D eigenvalue weighted by atomic mass is 15.1. The fourth-order valence-electron chi connectivity index (χ4n) is 1.28. The summed E-state index contributed by atoms with van der Waals surface area (Å²) in [5.74, 6) is 0.713. The number of aromatic nitrogens is 2. The van der Waals surface area contributed by atoms with Crippen LogP contribution in [0.3, 0.4) is 0 Å². The van der Waals surface area contributed by atoms with Gasteiger partial charge in [0.2, 0.25) is 0 Å². The van der Waals surface area contributed by atoms with Gasteiger partial charge in [-0.05, 0) is 31.7 Å². The molecule has 1 aromatic heterocycles. The molecular weight excluding hydrogens is 136 g/mol. The quantitative estimate of drug-likeness (QED) is 0.691. The maximum Gasteiger partial charge on any atom is 0.0626 e. The van der Waals surface area contributed by atoms with E-state index in [2.05, 4.69) is 37.9 Å². The van der Waals surface area contributed by atoms with Gasteiger partial charge >= 0.3 is 0 Å². The number of aryl methyl sites for hydroxylation is 2. The Morgan fingerprint density at radius 2 is 2.00 bits per heavy atom. The summed E-state index contributed by atoms with van der Waals surface area (Å²) in [5.41, 5.74) is 3.76. The molecule has 1 aromatic rings. The number of H-pyrrole nitrogens is 1. The smallest absolute Gasteiger partial charge is 0.0626 e. The summed E-state index contributed by atoms with van der Waals surface area (Å²) in [7, 11) is 0. The number of nitrogens with one attached hydrogen (secondary N) is 1. The lowest BCUT2D eigenvalue weighted by molar-refractivity contribution is 0.643. The molecule has 0 unspecified atom stereocenters. The molecule has 0 radical (unpaired) electrons. The van der Waals surface area contributed by atoms with Gasteiger partial charge in [-0.3, -0.25) is 5.10 Å².